The predicted molar refractivity (Wildman–Crippen MR) is 141 cm³/mol. The Hall–Kier alpha value is -3.85. The van der Waals surface area contributed by atoms with Crippen molar-refractivity contribution < 1.29 is 27.5 Å². The first-order valence-corrected chi connectivity index (χ1v) is 13.5. The number of aryl methyl sites for hydroxylation is 2. The Morgan fingerprint density at radius 1 is 0.946 bits per heavy atom. The Morgan fingerprint density at radius 2 is 1.62 bits per heavy atom. The molecule has 3 aromatic carbocycles. The molecule has 194 valence electrons. The molecule has 1 amide bonds. The lowest BCUT2D eigenvalue weighted by molar-refractivity contribution is -0.146. The fourth-order valence-electron chi connectivity index (χ4n) is 3.99. The topological polar surface area (TPSA) is 111 Å². The molecule has 0 heterocycles. The van der Waals surface area contributed by atoms with Gasteiger partial charge in [-0.3, -0.25) is 14.3 Å². The van der Waals surface area contributed by atoms with E-state index in [9.17, 15) is 18.0 Å². The summed E-state index contributed by atoms with van der Waals surface area (Å²) >= 11 is 0. The first-order valence-electron chi connectivity index (χ1n) is 12.0. The van der Waals surface area contributed by atoms with Crippen molar-refractivity contribution in [3.63, 3.8) is 0 Å². The molecule has 1 aliphatic carbocycles. The molecule has 0 bridgehead atoms. The molecule has 1 fully saturated rings. The molecule has 9 heteroatoms. The van der Waals surface area contributed by atoms with Crippen LogP contribution < -0.4 is 14.8 Å². The van der Waals surface area contributed by atoms with Gasteiger partial charge in [-0.1, -0.05) is 24.3 Å². The fraction of sp³-hybridized carbons (Fsp3) is 0.286. The van der Waals surface area contributed by atoms with E-state index in [2.05, 4.69) is 10.0 Å². The molecule has 0 saturated heterocycles. The third-order valence-corrected chi connectivity index (χ3v) is 7.66. The average Bonchev–Trinajstić information content (AvgIpc) is 3.68. The van der Waals surface area contributed by atoms with Crippen molar-refractivity contribution in [2.75, 3.05) is 23.3 Å². The van der Waals surface area contributed by atoms with Gasteiger partial charge in [0.1, 0.15) is 5.75 Å². The van der Waals surface area contributed by atoms with Crippen LogP contribution in [0.4, 0.5) is 11.4 Å². The van der Waals surface area contributed by atoms with Crippen LogP contribution in [0.5, 0.6) is 5.75 Å². The zero-order chi connectivity index (χ0) is 26.6. The first-order chi connectivity index (χ1) is 17.6. The number of nitrogens with one attached hydrogen (secondary N) is 2. The van der Waals surface area contributed by atoms with E-state index in [0.29, 0.717) is 23.7 Å². The molecule has 37 heavy (non-hydrogen) atoms. The van der Waals surface area contributed by atoms with Crippen molar-refractivity contribution in [3.8, 4) is 5.75 Å². The van der Waals surface area contributed by atoms with Gasteiger partial charge in [-0.2, -0.15) is 0 Å². The van der Waals surface area contributed by atoms with Crippen molar-refractivity contribution in [3.05, 3.63) is 83.4 Å². The maximum atomic E-state index is 12.8. The summed E-state index contributed by atoms with van der Waals surface area (Å²) in [5, 5.41) is 2.75. The van der Waals surface area contributed by atoms with Crippen molar-refractivity contribution in [1.29, 1.82) is 0 Å². The van der Waals surface area contributed by atoms with Gasteiger partial charge in [0.15, 0.2) is 6.61 Å². The number of hydrogen-bond donors (Lipinski definition) is 2. The standard InChI is InChI=1S/C28H30N2O6S/c1-4-35-27(32)28(15-16-28)21-7-9-22(10-8-21)29-26(31)18-36-23-11-13-24(14-12-23)37(33,34)30-25-17-19(2)5-6-20(25)3/h5-14,17,30H,4,15-16,18H2,1-3H3,(H,29,31). The van der Waals surface area contributed by atoms with E-state index in [0.717, 1.165) is 29.5 Å². The normalized spacial score (nSPS) is 13.9. The first kappa shape index (κ1) is 26.2. The Labute approximate surface area is 217 Å². The van der Waals surface area contributed by atoms with E-state index >= 15 is 0 Å². The number of carbonyl (C=O) groups is 2. The van der Waals surface area contributed by atoms with Gasteiger partial charge in [0, 0.05) is 5.69 Å². The van der Waals surface area contributed by atoms with Crippen molar-refractivity contribution in [2.24, 2.45) is 0 Å². The van der Waals surface area contributed by atoms with Crippen molar-refractivity contribution in [2.45, 2.75) is 43.9 Å². The molecule has 0 aromatic heterocycles. The van der Waals surface area contributed by atoms with Crippen LogP contribution in [-0.4, -0.2) is 33.5 Å². The summed E-state index contributed by atoms with van der Waals surface area (Å²) < 4.78 is 38.8. The van der Waals surface area contributed by atoms with Crippen LogP contribution >= 0.6 is 0 Å². The van der Waals surface area contributed by atoms with Gasteiger partial charge in [-0.15, -0.1) is 0 Å². The van der Waals surface area contributed by atoms with Crippen LogP contribution in [0.15, 0.2) is 71.6 Å². The number of hydrogen-bond acceptors (Lipinski definition) is 6. The second-order valence-corrected chi connectivity index (χ2v) is 10.8. The van der Waals surface area contributed by atoms with Crippen LogP contribution in [0.25, 0.3) is 0 Å². The highest BCUT2D eigenvalue weighted by atomic mass is 32.2. The summed E-state index contributed by atoms with van der Waals surface area (Å²) in [5.74, 6) is -0.214. The number of anilines is 2. The Bertz CT molecular complexity index is 1400. The summed E-state index contributed by atoms with van der Waals surface area (Å²) in [7, 11) is -3.77. The third kappa shape index (κ3) is 6.11. The minimum atomic E-state index is -3.77. The molecule has 2 N–H and O–H groups in total. The molecule has 1 saturated carbocycles. The van der Waals surface area contributed by atoms with E-state index in [1.165, 1.54) is 24.3 Å². The second-order valence-electron chi connectivity index (χ2n) is 9.11. The number of ether oxygens (including phenoxy) is 2. The summed E-state index contributed by atoms with van der Waals surface area (Å²) in [6, 6.07) is 18.6. The van der Waals surface area contributed by atoms with Gasteiger partial charge >= 0.3 is 5.97 Å². The van der Waals surface area contributed by atoms with Gasteiger partial charge in [-0.25, -0.2) is 8.42 Å². The van der Waals surface area contributed by atoms with Crippen LogP contribution in [-0.2, 0) is 29.8 Å². The Balaban J connectivity index is 1.31. The third-order valence-electron chi connectivity index (χ3n) is 6.28. The highest BCUT2D eigenvalue weighted by Crippen LogP contribution is 2.49. The second kappa shape index (κ2) is 10.6. The fourth-order valence-corrected chi connectivity index (χ4v) is 5.11. The molecule has 4 rings (SSSR count). The number of rotatable bonds is 10. The van der Waals surface area contributed by atoms with Crippen molar-refractivity contribution in [1.82, 2.24) is 0 Å². The van der Waals surface area contributed by atoms with Crippen LogP contribution in [0, 0.1) is 13.8 Å². The zero-order valence-corrected chi connectivity index (χ0v) is 21.9. The molecule has 0 unspecified atom stereocenters. The van der Waals surface area contributed by atoms with Gasteiger partial charge in [0.05, 0.1) is 22.6 Å². The van der Waals surface area contributed by atoms with Gasteiger partial charge in [-0.05, 0) is 92.8 Å². The lowest BCUT2D eigenvalue weighted by atomic mass is 9.96. The van der Waals surface area contributed by atoms with Gasteiger partial charge in [0.25, 0.3) is 15.9 Å². The molecular formula is C28H30N2O6S. The molecular weight excluding hydrogens is 492 g/mol. The van der Waals surface area contributed by atoms with Crippen LogP contribution in [0.2, 0.25) is 0 Å². The molecule has 3 aromatic rings. The molecule has 8 nitrogen and oxygen atoms in total. The number of amides is 1. The molecule has 1 aliphatic rings. The molecule has 0 radical (unpaired) electrons. The number of benzene rings is 3. The molecule has 0 spiro atoms. The minimum absolute atomic E-state index is 0.0848. The minimum Gasteiger partial charge on any atom is -0.484 e. The number of esters is 1. The van der Waals surface area contributed by atoms with E-state index in [-0.39, 0.29) is 23.4 Å². The largest absolute Gasteiger partial charge is 0.484 e. The highest BCUT2D eigenvalue weighted by Gasteiger charge is 2.52. The monoisotopic (exact) mass is 522 g/mol. The average molecular weight is 523 g/mol. The number of sulfonamides is 1. The summed E-state index contributed by atoms with van der Waals surface area (Å²) in [5.41, 5.74) is 3.19. The predicted octanol–water partition coefficient (Wildman–Crippen LogP) is 4.72. The summed E-state index contributed by atoms with van der Waals surface area (Å²) in [6.07, 6.45) is 1.51. The smallest absolute Gasteiger partial charge is 0.316 e. The summed E-state index contributed by atoms with van der Waals surface area (Å²) in [4.78, 5) is 24.7. The zero-order valence-electron chi connectivity index (χ0n) is 21.0. The lowest BCUT2D eigenvalue weighted by Gasteiger charge is -2.15. The van der Waals surface area contributed by atoms with Gasteiger partial charge in [0.2, 0.25) is 0 Å². The lowest BCUT2D eigenvalue weighted by Crippen LogP contribution is -2.23. The van der Waals surface area contributed by atoms with E-state index in [4.69, 9.17) is 9.47 Å². The highest BCUT2D eigenvalue weighted by molar-refractivity contribution is 7.92. The van der Waals surface area contributed by atoms with Crippen molar-refractivity contribution >= 4 is 33.3 Å². The summed E-state index contributed by atoms with van der Waals surface area (Å²) in [6.45, 7) is 5.61. The molecule has 0 atom stereocenters. The number of carbonyl (C=O) groups excluding carboxylic acids is 2. The van der Waals surface area contributed by atoms with Gasteiger partial charge < -0.3 is 14.8 Å². The van der Waals surface area contributed by atoms with E-state index in [1.54, 1.807) is 25.1 Å². The van der Waals surface area contributed by atoms with Crippen LogP contribution in [0.3, 0.4) is 0 Å². The molecule has 0 aliphatic heterocycles. The van der Waals surface area contributed by atoms with Crippen LogP contribution in [0.1, 0.15) is 36.5 Å². The quantitative estimate of drug-likeness (QED) is 0.373. The van der Waals surface area contributed by atoms with E-state index in [1.807, 2.05) is 38.1 Å². The SMILES string of the molecule is CCOC(=O)C1(c2ccc(NC(=O)COc3ccc(S(=O)(=O)Nc4cc(C)ccc4C)cc3)cc2)CC1. The Kier molecular flexibility index (Phi) is 7.54. The maximum absolute atomic E-state index is 12.8. The van der Waals surface area contributed by atoms with E-state index < -0.39 is 15.4 Å². The Morgan fingerprint density at radius 3 is 2.24 bits per heavy atom. The maximum Gasteiger partial charge on any atom is 0.316 e.